The van der Waals surface area contributed by atoms with Crippen LogP contribution in [0.2, 0.25) is 8.67 Å². The Kier molecular flexibility index (Phi) is 4.11. The highest BCUT2D eigenvalue weighted by Crippen LogP contribution is 2.32. The molecule has 0 aliphatic carbocycles. The average molecular weight is 310 g/mol. The summed E-state index contributed by atoms with van der Waals surface area (Å²) in [5.41, 5.74) is 0.236. The van der Waals surface area contributed by atoms with Crippen molar-refractivity contribution in [3.63, 3.8) is 0 Å². The molecule has 1 saturated heterocycles. The van der Waals surface area contributed by atoms with E-state index in [0.29, 0.717) is 10.9 Å². The van der Waals surface area contributed by atoms with Crippen molar-refractivity contribution in [2.24, 2.45) is 0 Å². The number of carboxylic acid groups (broad SMARTS) is 1. The van der Waals surface area contributed by atoms with E-state index >= 15 is 0 Å². The van der Waals surface area contributed by atoms with Crippen LogP contribution < -0.4 is 0 Å². The van der Waals surface area contributed by atoms with Gasteiger partial charge < -0.3 is 14.7 Å². The number of carboxylic acids is 1. The normalized spacial score (nSPS) is 19.9. The second-order valence-electron chi connectivity index (χ2n) is 3.67. The zero-order valence-corrected chi connectivity index (χ0v) is 11.4. The standard InChI is InChI=1S/C10H9Cl2NO4S/c11-7-3-5(8(12)18-7)9(14)13-1-2-17-4-6(13)10(15)16/h3,6H,1-2,4H2,(H,15,16)/t6-/m1/s1. The van der Waals surface area contributed by atoms with E-state index in [4.69, 9.17) is 33.0 Å². The molecule has 1 atom stereocenters. The number of aliphatic carboxylic acids is 1. The maximum atomic E-state index is 12.2. The number of morpholine rings is 1. The molecule has 0 saturated carbocycles. The highest BCUT2D eigenvalue weighted by molar-refractivity contribution is 7.20. The quantitative estimate of drug-likeness (QED) is 0.907. The molecule has 0 bridgehead atoms. The van der Waals surface area contributed by atoms with Gasteiger partial charge in [0.05, 0.1) is 23.1 Å². The fraction of sp³-hybridized carbons (Fsp3) is 0.400. The fourth-order valence-electron chi connectivity index (χ4n) is 1.69. The van der Waals surface area contributed by atoms with Crippen molar-refractivity contribution >= 4 is 46.4 Å². The van der Waals surface area contributed by atoms with Crippen molar-refractivity contribution in [1.29, 1.82) is 0 Å². The molecular formula is C10H9Cl2NO4S. The lowest BCUT2D eigenvalue weighted by Gasteiger charge is -2.32. The number of halogens is 2. The largest absolute Gasteiger partial charge is 0.480 e. The Bertz CT molecular complexity index is 490. The van der Waals surface area contributed by atoms with Crippen molar-refractivity contribution in [3.05, 3.63) is 20.3 Å². The molecule has 0 aromatic carbocycles. The van der Waals surface area contributed by atoms with Crippen LogP contribution in [-0.4, -0.2) is 47.7 Å². The monoisotopic (exact) mass is 309 g/mol. The van der Waals surface area contributed by atoms with Crippen molar-refractivity contribution < 1.29 is 19.4 Å². The van der Waals surface area contributed by atoms with Crippen LogP contribution in [0.15, 0.2) is 6.07 Å². The number of thiophene rings is 1. The zero-order chi connectivity index (χ0) is 13.3. The van der Waals surface area contributed by atoms with Crippen LogP contribution in [0.3, 0.4) is 0 Å². The van der Waals surface area contributed by atoms with E-state index in [-0.39, 0.29) is 23.1 Å². The first-order valence-corrected chi connectivity index (χ1v) is 6.64. The second kappa shape index (κ2) is 5.44. The molecule has 5 nitrogen and oxygen atoms in total. The van der Waals surface area contributed by atoms with Crippen molar-refractivity contribution in [3.8, 4) is 0 Å². The number of nitrogens with zero attached hydrogens (tertiary/aromatic N) is 1. The summed E-state index contributed by atoms with van der Waals surface area (Å²) < 4.78 is 5.72. The Morgan fingerprint density at radius 1 is 1.50 bits per heavy atom. The SMILES string of the molecule is O=C(O)[C@H]1COCCN1C(=O)c1cc(Cl)sc1Cl. The molecule has 0 unspecified atom stereocenters. The lowest BCUT2D eigenvalue weighted by Crippen LogP contribution is -2.52. The van der Waals surface area contributed by atoms with Crippen molar-refractivity contribution in [2.45, 2.75) is 6.04 Å². The molecule has 1 aromatic rings. The first-order chi connectivity index (χ1) is 8.50. The number of carbonyl (C=O) groups excluding carboxylic acids is 1. The van der Waals surface area contributed by atoms with Crippen LogP contribution >= 0.6 is 34.5 Å². The maximum Gasteiger partial charge on any atom is 0.328 e. The van der Waals surface area contributed by atoms with Crippen LogP contribution in [-0.2, 0) is 9.53 Å². The van der Waals surface area contributed by atoms with E-state index < -0.39 is 17.9 Å². The number of amides is 1. The third kappa shape index (κ3) is 2.61. The number of hydrogen-bond acceptors (Lipinski definition) is 4. The number of carbonyl (C=O) groups is 2. The summed E-state index contributed by atoms with van der Waals surface area (Å²) in [5, 5.41) is 9.05. The van der Waals surface area contributed by atoms with Crippen molar-refractivity contribution in [1.82, 2.24) is 4.90 Å². The summed E-state index contributed by atoms with van der Waals surface area (Å²) in [7, 11) is 0. The van der Waals surface area contributed by atoms with Gasteiger partial charge in [-0.05, 0) is 6.07 Å². The van der Waals surface area contributed by atoms with E-state index in [1.807, 2.05) is 0 Å². The van der Waals surface area contributed by atoms with Crippen LogP contribution in [0.5, 0.6) is 0 Å². The van der Waals surface area contributed by atoms with E-state index in [0.717, 1.165) is 11.3 Å². The zero-order valence-electron chi connectivity index (χ0n) is 9.06. The minimum atomic E-state index is -1.10. The smallest absolute Gasteiger partial charge is 0.328 e. The number of rotatable bonds is 2. The molecule has 18 heavy (non-hydrogen) atoms. The fourth-order valence-corrected chi connectivity index (χ4v) is 3.14. The molecule has 1 aliphatic heterocycles. The predicted octanol–water partition coefficient (Wildman–Crippen LogP) is 1.98. The van der Waals surface area contributed by atoms with Crippen LogP contribution in [0.4, 0.5) is 0 Å². The molecule has 8 heteroatoms. The van der Waals surface area contributed by atoms with E-state index in [1.165, 1.54) is 11.0 Å². The van der Waals surface area contributed by atoms with E-state index in [1.54, 1.807) is 0 Å². The van der Waals surface area contributed by atoms with Gasteiger partial charge in [0.2, 0.25) is 0 Å². The Balaban J connectivity index is 2.26. The number of ether oxygens (including phenoxy) is 1. The van der Waals surface area contributed by atoms with Gasteiger partial charge in [-0.15, -0.1) is 11.3 Å². The lowest BCUT2D eigenvalue weighted by atomic mass is 10.2. The van der Waals surface area contributed by atoms with Gasteiger partial charge in [-0.25, -0.2) is 4.79 Å². The number of hydrogen-bond donors (Lipinski definition) is 1. The molecule has 98 valence electrons. The minimum Gasteiger partial charge on any atom is -0.480 e. The highest BCUT2D eigenvalue weighted by atomic mass is 35.5. The molecule has 0 radical (unpaired) electrons. The Morgan fingerprint density at radius 3 is 2.78 bits per heavy atom. The van der Waals surface area contributed by atoms with E-state index in [9.17, 15) is 9.59 Å². The summed E-state index contributed by atoms with van der Waals surface area (Å²) in [6.45, 7) is 0.515. The van der Waals surface area contributed by atoms with Gasteiger partial charge in [0.15, 0.2) is 6.04 Å². The summed E-state index contributed by atoms with van der Waals surface area (Å²) in [6.07, 6.45) is 0. The summed E-state index contributed by atoms with van der Waals surface area (Å²) in [4.78, 5) is 24.5. The molecule has 1 fully saturated rings. The van der Waals surface area contributed by atoms with Crippen molar-refractivity contribution in [2.75, 3.05) is 19.8 Å². The molecule has 0 spiro atoms. The van der Waals surface area contributed by atoms with Gasteiger partial charge in [-0.1, -0.05) is 23.2 Å². The van der Waals surface area contributed by atoms with Gasteiger partial charge >= 0.3 is 5.97 Å². The van der Waals surface area contributed by atoms with Gasteiger partial charge in [0.25, 0.3) is 5.91 Å². The Labute approximate surface area is 117 Å². The predicted molar refractivity (Wildman–Crippen MR) is 67.6 cm³/mol. The topological polar surface area (TPSA) is 66.8 Å². The lowest BCUT2D eigenvalue weighted by molar-refractivity contribution is -0.147. The molecule has 2 rings (SSSR count). The second-order valence-corrected chi connectivity index (χ2v) is 5.95. The van der Waals surface area contributed by atoms with E-state index in [2.05, 4.69) is 0 Å². The van der Waals surface area contributed by atoms with Gasteiger partial charge in [0.1, 0.15) is 4.34 Å². The molecule has 1 aliphatic rings. The van der Waals surface area contributed by atoms with Gasteiger partial charge in [-0.3, -0.25) is 4.79 Å². The molecule has 1 amide bonds. The third-order valence-electron chi connectivity index (χ3n) is 2.56. The van der Waals surface area contributed by atoms with Gasteiger partial charge in [0, 0.05) is 6.54 Å². The Hall–Kier alpha value is -0.820. The summed E-state index contributed by atoms with van der Waals surface area (Å²) in [6, 6.07) is 0.464. The Morgan fingerprint density at radius 2 is 2.22 bits per heavy atom. The van der Waals surface area contributed by atoms with Crippen LogP contribution in [0.25, 0.3) is 0 Å². The molecule has 1 aromatic heterocycles. The molecule has 1 N–H and O–H groups in total. The first kappa shape index (κ1) is 13.6. The minimum absolute atomic E-state index is 0.0173. The van der Waals surface area contributed by atoms with Crippen LogP contribution in [0.1, 0.15) is 10.4 Å². The maximum absolute atomic E-state index is 12.2. The first-order valence-electron chi connectivity index (χ1n) is 5.07. The third-order valence-corrected chi connectivity index (χ3v) is 4.05. The molecule has 2 heterocycles. The summed E-state index contributed by atoms with van der Waals surface area (Å²) in [5.74, 6) is -1.53. The van der Waals surface area contributed by atoms with Crippen LogP contribution in [0, 0.1) is 0 Å². The summed E-state index contributed by atoms with van der Waals surface area (Å²) >= 11 is 12.7. The average Bonchev–Trinajstić information content (AvgIpc) is 2.67. The highest BCUT2D eigenvalue weighted by Gasteiger charge is 2.34. The molecular weight excluding hydrogens is 301 g/mol. The van der Waals surface area contributed by atoms with Gasteiger partial charge in [-0.2, -0.15) is 0 Å².